The molecule has 2 aromatic heterocycles. The fourth-order valence-corrected chi connectivity index (χ4v) is 2.05. The smallest absolute Gasteiger partial charge is 0.356 e. The first-order chi connectivity index (χ1) is 8.25. The fraction of sp³-hybridized carbons (Fsp3) is 0.333. The molecular formula is C12H13N3O2. The van der Waals surface area contributed by atoms with Crippen LogP contribution < -0.4 is 5.32 Å². The van der Waals surface area contributed by atoms with Crippen LogP contribution >= 0.6 is 0 Å². The topological polar surface area (TPSA) is 66.6 Å². The molecule has 1 fully saturated rings. The maximum Gasteiger partial charge on any atom is 0.356 e. The lowest BCUT2D eigenvalue weighted by molar-refractivity contribution is 0.0690. The van der Waals surface area contributed by atoms with Crippen molar-refractivity contribution in [1.82, 2.24) is 9.38 Å². The third-order valence-electron chi connectivity index (χ3n) is 3.18. The van der Waals surface area contributed by atoms with Crippen LogP contribution in [-0.2, 0) is 0 Å². The number of hydrogen-bond donors (Lipinski definition) is 2. The molecule has 0 aromatic carbocycles. The number of carboxylic acid groups (broad SMARTS) is 1. The second kappa shape index (κ2) is 3.76. The van der Waals surface area contributed by atoms with Crippen LogP contribution in [0.5, 0.6) is 0 Å². The lowest BCUT2D eigenvalue weighted by atomic mass is 9.93. The van der Waals surface area contributed by atoms with E-state index >= 15 is 0 Å². The van der Waals surface area contributed by atoms with Gasteiger partial charge >= 0.3 is 5.97 Å². The van der Waals surface area contributed by atoms with Gasteiger partial charge in [0.15, 0.2) is 11.5 Å². The first-order valence-corrected chi connectivity index (χ1v) is 5.72. The quantitative estimate of drug-likeness (QED) is 0.847. The summed E-state index contributed by atoms with van der Waals surface area (Å²) in [6, 6.07) is 5.83. The molecule has 2 heterocycles. The van der Waals surface area contributed by atoms with Crippen LogP contribution in [0.25, 0.3) is 5.65 Å². The minimum absolute atomic E-state index is 0.215. The molecule has 0 bridgehead atoms. The largest absolute Gasteiger partial charge is 0.476 e. The van der Waals surface area contributed by atoms with E-state index < -0.39 is 5.97 Å². The van der Waals surface area contributed by atoms with E-state index in [9.17, 15) is 9.90 Å². The maximum absolute atomic E-state index is 11.3. The summed E-state index contributed by atoms with van der Waals surface area (Å²) in [5, 5.41) is 12.5. The Kier molecular flexibility index (Phi) is 2.24. The van der Waals surface area contributed by atoms with Gasteiger partial charge < -0.3 is 10.4 Å². The van der Waals surface area contributed by atoms with Gasteiger partial charge in [0.05, 0.1) is 0 Å². The molecule has 0 aliphatic heterocycles. The first-order valence-electron chi connectivity index (χ1n) is 5.72. The van der Waals surface area contributed by atoms with Gasteiger partial charge in [-0.15, -0.1) is 0 Å². The molecule has 0 atom stereocenters. The van der Waals surface area contributed by atoms with E-state index in [1.807, 2.05) is 6.07 Å². The Bertz CT molecular complexity index is 572. The summed E-state index contributed by atoms with van der Waals surface area (Å²) < 4.78 is 1.60. The van der Waals surface area contributed by atoms with Gasteiger partial charge in [0, 0.05) is 12.2 Å². The van der Waals surface area contributed by atoms with Crippen LogP contribution in [0.1, 0.15) is 29.8 Å². The summed E-state index contributed by atoms with van der Waals surface area (Å²) in [5.74, 6) is -0.473. The maximum atomic E-state index is 11.3. The van der Waals surface area contributed by atoms with Crippen LogP contribution in [-0.4, -0.2) is 26.5 Å². The summed E-state index contributed by atoms with van der Waals surface area (Å²) >= 11 is 0. The number of fused-ring (bicyclic) bond motifs is 1. The number of aromatic carboxylic acids is 1. The highest BCUT2D eigenvalue weighted by Crippen LogP contribution is 2.25. The van der Waals surface area contributed by atoms with Crippen molar-refractivity contribution in [2.45, 2.75) is 25.3 Å². The van der Waals surface area contributed by atoms with Crippen molar-refractivity contribution in [1.29, 1.82) is 0 Å². The van der Waals surface area contributed by atoms with Gasteiger partial charge in [0.1, 0.15) is 5.65 Å². The fourth-order valence-electron chi connectivity index (χ4n) is 2.05. The lowest BCUT2D eigenvalue weighted by Gasteiger charge is -2.26. The van der Waals surface area contributed by atoms with Crippen molar-refractivity contribution in [3.63, 3.8) is 0 Å². The molecule has 17 heavy (non-hydrogen) atoms. The van der Waals surface area contributed by atoms with Gasteiger partial charge in [-0.2, -0.15) is 0 Å². The van der Waals surface area contributed by atoms with Crippen LogP contribution in [0.2, 0.25) is 0 Å². The number of carboxylic acids is 1. The zero-order chi connectivity index (χ0) is 11.8. The summed E-state index contributed by atoms with van der Waals surface area (Å²) in [6.07, 6.45) is 5.10. The van der Waals surface area contributed by atoms with E-state index in [1.165, 1.54) is 6.42 Å². The van der Waals surface area contributed by atoms with Gasteiger partial charge in [-0.3, -0.25) is 4.40 Å². The highest BCUT2D eigenvalue weighted by molar-refractivity contribution is 5.93. The Hall–Kier alpha value is -2.04. The van der Waals surface area contributed by atoms with Gasteiger partial charge in [0.25, 0.3) is 0 Å². The second-order valence-corrected chi connectivity index (χ2v) is 4.32. The number of rotatable bonds is 3. The highest BCUT2D eigenvalue weighted by atomic mass is 16.4. The third kappa shape index (κ3) is 1.63. The molecular weight excluding hydrogens is 218 g/mol. The van der Waals surface area contributed by atoms with E-state index in [1.54, 1.807) is 22.7 Å². The lowest BCUT2D eigenvalue weighted by Crippen LogP contribution is -2.28. The Morgan fingerprint density at radius 1 is 1.47 bits per heavy atom. The van der Waals surface area contributed by atoms with Gasteiger partial charge in [0.2, 0.25) is 0 Å². The zero-order valence-electron chi connectivity index (χ0n) is 9.26. The van der Waals surface area contributed by atoms with E-state index in [-0.39, 0.29) is 5.69 Å². The number of nitrogens with zero attached hydrogens (tertiary/aromatic N) is 2. The normalized spacial score (nSPS) is 15.8. The summed E-state index contributed by atoms with van der Waals surface area (Å²) in [4.78, 5) is 15.6. The van der Waals surface area contributed by atoms with Gasteiger partial charge in [-0.1, -0.05) is 6.07 Å². The molecule has 0 spiro atoms. The van der Waals surface area contributed by atoms with Crippen molar-refractivity contribution in [3.05, 3.63) is 30.1 Å². The monoisotopic (exact) mass is 231 g/mol. The zero-order valence-corrected chi connectivity index (χ0v) is 9.26. The second-order valence-electron chi connectivity index (χ2n) is 4.32. The Balaban J connectivity index is 2.08. The molecule has 0 radical (unpaired) electrons. The van der Waals surface area contributed by atoms with Crippen LogP contribution in [0.4, 0.5) is 5.82 Å². The number of imidazole rings is 1. The minimum atomic E-state index is -0.953. The molecule has 0 unspecified atom stereocenters. The van der Waals surface area contributed by atoms with E-state index in [0.717, 1.165) is 12.8 Å². The number of hydrogen-bond acceptors (Lipinski definition) is 3. The summed E-state index contributed by atoms with van der Waals surface area (Å²) in [7, 11) is 0. The number of nitrogens with one attached hydrogen (secondary N) is 1. The SMILES string of the molecule is O=C(O)c1c(NC2CCC2)nc2ccccn12. The molecule has 5 heteroatoms. The number of pyridine rings is 1. The molecule has 0 amide bonds. The number of anilines is 1. The first kappa shape index (κ1) is 10.1. The van der Waals surface area contributed by atoms with Crippen molar-refractivity contribution in [2.75, 3.05) is 5.32 Å². The average Bonchev–Trinajstić information content (AvgIpc) is 2.61. The predicted molar refractivity (Wildman–Crippen MR) is 63.4 cm³/mol. The number of aromatic nitrogens is 2. The Labute approximate surface area is 98.1 Å². The van der Waals surface area contributed by atoms with Crippen molar-refractivity contribution in [3.8, 4) is 0 Å². The number of carbonyl (C=O) groups is 1. The molecule has 88 valence electrons. The van der Waals surface area contributed by atoms with Crippen LogP contribution in [0.3, 0.4) is 0 Å². The molecule has 1 aliphatic rings. The molecule has 1 saturated carbocycles. The molecule has 0 saturated heterocycles. The van der Waals surface area contributed by atoms with E-state index in [0.29, 0.717) is 17.5 Å². The highest BCUT2D eigenvalue weighted by Gasteiger charge is 2.23. The van der Waals surface area contributed by atoms with Crippen molar-refractivity contribution >= 4 is 17.4 Å². The Morgan fingerprint density at radius 2 is 2.29 bits per heavy atom. The van der Waals surface area contributed by atoms with Gasteiger partial charge in [-0.05, 0) is 31.4 Å². The van der Waals surface area contributed by atoms with Crippen molar-refractivity contribution in [2.24, 2.45) is 0 Å². The molecule has 1 aliphatic carbocycles. The van der Waals surface area contributed by atoms with Gasteiger partial charge in [-0.25, -0.2) is 9.78 Å². The Morgan fingerprint density at radius 3 is 2.94 bits per heavy atom. The van der Waals surface area contributed by atoms with E-state index in [4.69, 9.17) is 0 Å². The van der Waals surface area contributed by atoms with Crippen LogP contribution in [0.15, 0.2) is 24.4 Å². The minimum Gasteiger partial charge on any atom is -0.476 e. The summed E-state index contributed by atoms with van der Waals surface area (Å²) in [5.41, 5.74) is 0.874. The molecule has 2 N–H and O–H groups in total. The van der Waals surface area contributed by atoms with E-state index in [2.05, 4.69) is 10.3 Å². The molecule has 3 rings (SSSR count). The third-order valence-corrected chi connectivity index (χ3v) is 3.18. The average molecular weight is 231 g/mol. The standard InChI is InChI=1S/C12H13N3O2/c16-12(17)10-11(13-8-4-3-5-8)14-9-6-1-2-7-15(9)10/h1-2,6-8,13H,3-5H2,(H,16,17). The predicted octanol–water partition coefficient (Wildman–Crippen LogP) is 2.00. The molecule has 5 nitrogen and oxygen atoms in total. The van der Waals surface area contributed by atoms with Crippen molar-refractivity contribution < 1.29 is 9.90 Å². The molecule has 2 aromatic rings. The summed E-state index contributed by atoms with van der Waals surface area (Å²) in [6.45, 7) is 0. The van der Waals surface area contributed by atoms with Crippen LogP contribution in [0, 0.1) is 0 Å².